The highest BCUT2D eigenvalue weighted by Crippen LogP contribution is 2.59. The van der Waals surface area contributed by atoms with E-state index in [4.69, 9.17) is 12.6 Å². The van der Waals surface area contributed by atoms with E-state index in [1.165, 1.54) is 47.0 Å². The molecular weight excluding hydrogens is 356 g/mol. The van der Waals surface area contributed by atoms with Crippen LogP contribution in [0.5, 0.6) is 0 Å². The molecule has 4 heteroatoms. The maximum Gasteiger partial charge on any atom is 0.0356 e. The van der Waals surface area contributed by atoms with Crippen LogP contribution in [0.2, 0.25) is 0 Å². The molecule has 0 unspecified atom stereocenters. The van der Waals surface area contributed by atoms with Gasteiger partial charge in [-0.2, -0.15) is 0 Å². The third-order valence-electron chi connectivity index (χ3n) is 4.42. The Labute approximate surface area is 152 Å². The molecule has 0 saturated carbocycles. The fourth-order valence-electron chi connectivity index (χ4n) is 3.44. The summed E-state index contributed by atoms with van der Waals surface area (Å²) < 4.78 is 0. The fraction of sp³-hybridized carbons (Fsp3) is 0.0526. The first-order valence-electron chi connectivity index (χ1n) is 7.32. The average Bonchev–Trinajstić information content (AvgIpc) is 3.04. The Hall–Kier alpha value is -0.940. The summed E-state index contributed by atoms with van der Waals surface area (Å²) in [5.74, 6) is 0. The van der Waals surface area contributed by atoms with Gasteiger partial charge in [0.05, 0.1) is 0 Å². The van der Waals surface area contributed by atoms with Crippen LogP contribution in [0.4, 0.5) is 0 Å². The maximum absolute atomic E-state index is 4.96. The van der Waals surface area contributed by atoms with Crippen LogP contribution in [-0.2, 0) is 0 Å². The molecule has 1 aliphatic rings. The van der Waals surface area contributed by atoms with Crippen LogP contribution in [0.1, 0.15) is 0 Å². The SMILES string of the molecule is CSc1c2ccccc2c2c3c(c4ccccc4c(S)c13)SS2. The summed E-state index contributed by atoms with van der Waals surface area (Å²) in [5, 5.41) is 8.00. The van der Waals surface area contributed by atoms with Crippen LogP contribution in [-0.4, -0.2) is 6.26 Å². The van der Waals surface area contributed by atoms with Crippen LogP contribution < -0.4 is 0 Å². The van der Waals surface area contributed by atoms with E-state index in [-0.39, 0.29) is 0 Å². The van der Waals surface area contributed by atoms with Crippen LogP contribution in [0.15, 0.2) is 68.1 Å². The molecule has 0 saturated heterocycles. The second kappa shape index (κ2) is 5.28. The Morgan fingerprint density at radius 2 is 1.26 bits per heavy atom. The minimum atomic E-state index is 1.11. The molecule has 0 atom stereocenters. The molecule has 0 bridgehead atoms. The lowest BCUT2D eigenvalue weighted by molar-refractivity contribution is 1.45. The first kappa shape index (κ1) is 14.4. The van der Waals surface area contributed by atoms with E-state index in [0.717, 1.165) is 4.90 Å². The zero-order valence-corrected chi connectivity index (χ0v) is 15.6. The van der Waals surface area contributed by atoms with Crippen LogP contribution in [0.3, 0.4) is 0 Å². The van der Waals surface area contributed by atoms with Crippen LogP contribution >= 0.6 is 46.0 Å². The van der Waals surface area contributed by atoms with Gasteiger partial charge in [0.15, 0.2) is 0 Å². The zero-order chi connectivity index (χ0) is 15.6. The first-order valence-corrected chi connectivity index (χ1v) is 11.1. The summed E-state index contributed by atoms with van der Waals surface area (Å²) in [6.45, 7) is 0. The summed E-state index contributed by atoms with van der Waals surface area (Å²) in [6.07, 6.45) is 2.17. The third kappa shape index (κ3) is 1.86. The summed E-state index contributed by atoms with van der Waals surface area (Å²) in [6, 6.07) is 17.4. The van der Waals surface area contributed by atoms with Gasteiger partial charge in [0, 0.05) is 30.4 Å². The number of fused-ring (bicyclic) bond motifs is 4. The lowest BCUT2D eigenvalue weighted by Crippen LogP contribution is -1.89. The van der Waals surface area contributed by atoms with Crippen molar-refractivity contribution in [3.8, 4) is 0 Å². The van der Waals surface area contributed by atoms with E-state index in [9.17, 15) is 0 Å². The summed E-state index contributed by atoms with van der Waals surface area (Å²) >= 11 is 6.78. The number of hydrogen-bond acceptors (Lipinski definition) is 4. The summed E-state index contributed by atoms with van der Waals surface area (Å²) in [4.78, 5) is 5.25. The smallest absolute Gasteiger partial charge is 0.0356 e. The molecule has 0 spiro atoms. The molecule has 0 N–H and O–H groups in total. The van der Waals surface area contributed by atoms with Gasteiger partial charge in [-0.05, 0) is 27.8 Å². The van der Waals surface area contributed by atoms with Crippen molar-refractivity contribution < 1.29 is 0 Å². The molecule has 0 radical (unpaired) electrons. The molecule has 0 aliphatic carbocycles. The van der Waals surface area contributed by atoms with E-state index in [1.54, 1.807) is 0 Å². The Morgan fingerprint density at radius 1 is 0.739 bits per heavy atom. The Kier molecular flexibility index (Phi) is 3.31. The summed E-state index contributed by atoms with van der Waals surface area (Å²) in [7, 11) is 3.78. The third-order valence-corrected chi connectivity index (χ3v) is 8.24. The van der Waals surface area contributed by atoms with Gasteiger partial charge in [0.25, 0.3) is 0 Å². The van der Waals surface area contributed by atoms with Gasteiger partial charge in [-0.3, -0.25) is 0 Å². The van der Waals surface area contributed by atoms with Gasteiger partial charge in [-0.1, -0.05) is 70.1 Å². The van der Waals surface area contributed by atoms with Crippen molar-refractivity contribution in [1.29, 1.82) is 0 Å². The second-order valence-corrected chi connectivity index (χ2v) is 8.96. The van der Waals surface area contributed by atoms with Crippen LogP contribution in [0.25, 0.3) is 32.3 Å². The Balaban J connectivity index is 2.18. The Morgan fingerprint density at radius 3 is 1.87 bits per heavy atom. The first-order chi connectivity index (χ1) is 11.3. The quantitative estimate of drug-likeness (QED) is 0.162. The largest absolute Gasteiger partial charge is 0.142 e. The van der Waals surface area contributed by atoms with E-state index in [2.05, 4.69) is 54.8 Å². The van der Waals surface area contributed by atoms with Crippen molar-refractivity contribution in [2.24, 2.45) is 0 Å². The molecule has 112 valence electrons. The average molecular weight is 369 g/mol. The molecule has 4 aromatic carbocycles. The lowest BCUT2D eigenvalue weighted by Gasteiger charge is -2.15. The molecule has 0 aromatic heterocycles. The lowest BCUT2D eigenvalue weighted by atomic mass is 9.99. The molecule has 5 rings (SSSR count). The number of thiol groups is 1. The van der Waals surface area contributed by atoms with Crippen molar-refractivity contribution in [1.82, 2.24) is 0 Å². The molecule has 1 heterocycles. The standard InChI is InChI=1S/C19H12S4/c1-21-17-12-8-4-5-9-13(12)19-15-14(17)16(20)10-6-2-3-7-11(10)18(15)22-23-19/h2-9,20H,1H3. The number of hydrogen-bond donors (Lipinski definition) is 1. The van der Waals surface area contributed by atoms with Crippen LogP contribution in [0, 0.1) is 0 Å². The molecule has 4 aromatic rings. The van der Waals surface area contributed by atoms with Crippen molar-refractivity contribution in [3.63, 3.8) is 0 Å². The normalized spacial score (nSPS) is 13.5. The highest BCUT2D eigenvalue weighted by atomic mass is 33.1. The van der Waals surface area contributed by atoms with Crippen molar-refractivity contribution in [2.75, 3.05) is 6.26 Å². The number of thioether (sulfide) groups is 1. The molecule has 0 nitrogen and oxygen atoms in total. The van der Waals surface area contributed by atoms with Gasteiger partial charge < -0.3 is 0 Å². The highest BCUT2D eigenvalue weighted by Gasteiger charge is 2.26. The minimum Gasteiger partial charge on any atom is -0.142 e. The van der Waals surface area contributed by atoms with Crippen molar-refractivity contribution >= 4 is 78.3 Å². The van der Waals surface area contributed by atoms with E-state index in [1.807, 2.05) is 33.3 Å². The molecule has 23 heavy (non-hydrogen) atoms. The molecular formula is C19H12S4. The second-order valence-electron chi connectivity index (χ2n) is 5.55. The Bertz CT molecular complexity index is 1100. The topological polar surface area (TPSA) is 0 Å². The molecule has 0 amide bonds. The molecule has 1 aliphatic heterocycles. The minimum absolute atomic E-state index is 1.11. The zero-order valence-electron chi connectivity index (χ0n) is 12.3. The van der Waals surface area contributed by atoms with Gasteiger partial charge >= 0.3 is 0 Å². The predicted octanol–water partition coefficient (Wildman–Crippen LogP) is 7.27. The molecule has 0 fully saturated rings. The highest BCUT2D eigenvalue weighted by molar-refractivity contribution is 8.77. The van der Waals surface area contributed by atoms with E-state index in [0.29, 0.717) is 0 Å². The van der Waals surface area contributed by atoms with E-state index >= 15 is 0 Å². The fourth-order valence-corrected chi connectivity index (χ4v) is 7.62. The maximum atomic E-state index is 4.96. The van der Waals surface area contributed by atoms with E-state index < -0.39 is 0 Å². The number of rotatable bonds is 1. The van der Waals surface area contributed by atoms with Gasteiger partial charge in [-0.15, -0.1) is 24.4 Å². The number of benzene rings is 4. The monoisotopic (exact) mass is 368 g/mol. The van der Waals surface area contributed by atoms with Gasteiger partial charge in [0.2, 0.25) is 0 Å². The predicted molar refractivity (Wildman–Crippen MR) is 110 cm³/mol. The van der Waals surface area contributed by atoms with Crippen molar-refractivity contribution in [3.05, 3.63) is 48.5 Å². The van der Waals surface area contributed by atoms with Gasteiger partial charge in [0.1, 0.15) is 0 Å². The van der Waals surface area contributed by atoms with Crippen molar-refractivity contribution in [2.45, 2.75) is 19.6 Å². The summed E-state index contributed by atoms with van der Waals surface area (Å²) in [5.41, 5.74) is 0. The van der Waals surface area contributed by atoms with Gasteiger partial charge in [-0.25, -0.2) is 0 Å².